The van der Waals surface area contributed by atoms with Gasteiger partial charge in [0.15, 0.2) is 11.6 Å². The van der Waals surface area contributed by atoms with Crippen LogP contribution in [0.4, 0.5) is 0 Å². The number of thiazole rings is 1. The van der Waals surface area contributed by atoms with Gasteiger partial charge in [-0.3, -0.25) is 9.69 Å². The van der Waals surface area contributed by atoms with E-state index in [1.807, 2.05) is 23.7 Å². The second kappa shape index (κ2) is 7.18. The molecule has 140 valence electrons. The number of aromatic nitrogens is 3. The third-order valence-corrected chi connectivity index (χ3v) is 5.78. The zero-order valence-corrected chi connectivity index (χ0v) is 15.9. The Kier molecular flexibility index (Phi) is 4.38. The fourth-order valence-electron chi connectivity index (χ4n) is 3.56. The van der Waals surface area contributed by atoms with E-state index in [4.69, 9.17) is 4.42 Å². The van der Waals surface area contributed by atoms with E-state index in [2.05, 4.69) is 32.0 Å². The van der Waals surface area contributed by atoms with Crippen LogP contribution < -0.4 is 5.56 Å². The first-order valence-electron chi connectivity index (χ1n) is 9.14. The third kappa shape index (κ3) is 3.19. The molecule has 0 amide bonds. The molecule has 1 aromatic carbocycles. The molecule has 0 radical (unpaired) electrons. The Hall–Kier alpha value is -3.03. The molecule has 0 unspecified atom stereocenters. The Morgan fingerprint density at radius 3 is 2.89 bits per heavy atom. The molecular formula is C21H18N4O2S. The third-order valence-electron chi connectivity index (χ3n) is 4.96. The van der Waals surface area contributed by atoms with Crippen LogP contribution in [0.1, 0.15) is 16.1 Å². The van der Waals surface area contributed by atoms with Gasteiger partial charge in [-0.15, -0.1) is 11.3 Å². The van der Waals surface area contributed by atoms with Crippen LogP contribution in [0, 0.1) is 0 Å². The number of H-pyrrole nitrogens is 1. The summed E-state index contributed by atoms with van der Waals surface area (Å²) in [7, 11) is 0. The monoisotopic (exact) mass is 390 g/mol. The second-order valence-corrected chi connectivity index (χ2v) is 7.71. The van der Waals surface area contributed by atoms with Crippen molar-refractivity contribution in [2.24, 2.45) is 0 Å². The number of aromatic amines is 1. The zero-order valence-electron chi connectivity index (χ0n) is 15.1. The first-order chi connectivity index (χ1) is 13.8. The van der Waals surface area contributed by atoms with E-state index in [9.17, 15) is 4.79 Å². The largest absolute Gasteiger partial charge is 0.461 e. The molecule has 0 spiro atoms. The molecule has 6 nitrogen and oxygen atoms in total. The van der Waals surface area contributed by atoms with Crippen molar-refractivity contribution in [3.05, 3.63) is 80.7 Å². The molecule has 28 heavy (non-hydrogen) atoms. The minimum Gasteiger partial charge on any atom is -0.461 e. The summed E-state index contributed by atoms with van der Waals surface area (Å²) in [6.45, 7) is 2.21. The van der Waals surface area contributed by atoms with Crippen molar-refractivity contribution in [3.63, 3.8) is 0 Å². The number of benzene rings is 1. The Balaban J connectivity index is 1.39. The van der Waals surface area contributed by atoms with Gasteiger partial charge in [-0.2, -0.15) is 0 Å². The summed E-state index contributed by atoms with van der Waals surface area (Å²) < 4.78 is 5.36. The van der Waals surface area contributed by atoms with Gasteiger partial charge in [-0.1, -0.05) is 30.3 Å². The lowest BCUT2D eigenvalue weighted by atomic mass is 10.1. The summed E-state index contributed by atoms with van der Waals surface area (Å²) >= 11 is 1.66. The normalized spacial score (nSPS) is 14.1. The average Bonchev–Trinajstić information content (AvgIpc) is 3.41. The fourth-order valence-corrected chi connectivity index (χ4v) is 4.39. The number of nitrogens with one attached hydrogen (secondary N) is 1. The Morgan fingerprint density at radius 1 is 1.18 bits per heavy atom. The smallest absolute Gasteiger partial charge is 0.256 e. The first-order valence-corrected chi connectivity index (χ1v) is 10.0. The van der Waals surface area contributed by atoms with Gasteiger partial charge in [-0.25, -0.2) is 9.97 Å². The van der Waals surface area contributed by atoms with Crippen molar-refractivity contribution in [1.29, 1.82) is 0 Å². The molecule has 0 fully saturated rings. The van der Waals surface area contributed by atoms with Gasteiger partial charge in [0.25, 0.3) is 5.56 Å². The van der Waals surface area contributed by atoms with Crippen LogP contribution in [0.25, 0.3) is 22.8 Å². The summed E-state index contributed by atoms with van der Waals surface area (Å²) in [5.41, 5.74) is 5.55. The maximum atomic E-state index is 12.6. The van der Waals surface area contributed by atoms with Crippen molar-refractivity contribution in [3.8, 4) is 22.8 Å². The molecule has 0 aliphatic carbocycles. The summed E-state index contributed by atoms with van der Waals surface area (Å²) in [6.07, 6.45) is 2.32. The van der Waals surface area contributed by atoms with Gasteiger partial charge in [0.2, 0.25) is 0 Å². The number of rotatable bonds is 4. The number of fused-ring (bicyclic) bond motifs is 1. The number of hydrogen-bond acceptors (Lipinski definition) is 6. The SMILES string of the molecule is O=c1[nH]c(-c2ccco2)nc2c1CN(Cc1scnc1-c1ccccc1)CC2. The van der Waals surface area contributed by atoms with Crippen LogP contribution in [0.5, 0.6) is 0 Å². The Morgan fingerprint density at radius 2 is 2.07 bits per heavy atom. The van der Waals surface area contributed by atoms with Crippen LogP contribution in [0.15, 0.2) is 63.4 Å². The number of nitrogens with zero attached hydrogens (tertiary/aromatic N) is 3. The van der Waals surface area contributed by atoms with Gasteiger partial charge >= 0.3 is 0 Å². The molecule has 1 aliphatic heterocycles. The average molecular weight is 390 g/mol. The molecule has 5 rings (SSSR count). The predicted molar refractivity (Wildman–Crippen MR) is 108 cm³/mol. The van der Waals surface area contributed by atoms with Crippen molar-refractivity contribution in [2.75, 3.05) is 6.54 Å². The molecule has 7 heteroatoms. The van der Waals surface area contributed by atoms with Crippen LogP contribution in [0.3, 0.4) is 0 Å². The summed E-state index contributed by atoms with van der Waals surface area (Å²) in [5.74, 6) is 1.08. The fraction of sp³-hybridized carbons (Fsp3) is 0.190. The summed E-state index contributed by atoms with van der Waals surface area (Å²) in [5, 5.41) is 0. The molecule has 0 saturated heterocycles. The van der Waals surface area contributed by atoms with Gasteiger partial charge in [-0.05, 0) is 12.1 Å². The highest BCUT2D eigenvalue weighted by Crippen LogP contribution is 2.28. The molecule has 0 saturated carbocycles. The molecule has 0 bridgehead atoms. The van der Waals surface area contributed by atoms with Crippen molar-refractivity contribution in [1.82, 2.24) is 19.9 Å². The van der Waals surface area contributed by atoms with Gasteiger partial charge < -0.3 is 9.40 Å². The maximum absolute atomic E-state index is 12.6. The Labute approximate surface area is 165 Å². The van der Waals surface area contributed by atoms with Gasteiger partial charge in [0.1, 0.15) is 0 Å². The molecule has 3 aromatic heterocycles. The first kappa shape index (κ1) is 17.1. The van der Waals surface area contributed by atoms with Crippen molar-refractivity contribution >= 4 is 11.3 Å². The highest BCUT2D eigenvalue weighted by molar-refractivity contribution is 7.10. The van der Waals surface area contributed by atoms with Crippen molar-refractivity contribution in [2.45, 2.75) is 19.5 Å². The quantitative estimate of drug-likeness (QED) is 0.575. The lowest BCUT2D eigenvalue weighted by Crippen LogP contribution is -2.35. The molecular weight excluding hydrogens is 372 g/mol. The Bertz CT molecular complexity index is 1150. The van der Waals surface area contributed by atoms with Crippen LogP contribution >= 0.6 is 11.3 Å². The van der Waals surface area contributed by atoms with E-state index in [-0.39, 0.29) is 5.56 Å². The highest BCUT2D eigenvalue weighted by Gasteiger charge is 2.23. The van der Waals surface area contributed by atoms with E-state index in [0.717, 1.165) is 42.0 Å². The lowest BCUT2D eigenvalue weighted by Gasteiger charge is -2.27. The maximum Gasteiger partial charge on any atom is 0.256 e. The highest BCUT2D eigenvalue weighted by atomic mass is 32.1. The number of furan rings is 1. The molecule has 0 atom stereocenters. The molecule has 4 aromatic rings. The van der Waals surface area contributed by atoms with E-state index in [1.54, 1.807) is 29.7 Å². The number of hydrogen-bond donors (Lipinski definition) is 1. The van der Waals surface area contributed by atoms with Crippen LogP contribution in [0.2, 0.25) is 0 Å². The summed E-state index contributed by atoms with van der Waals surface area (Å²) in [4.78, 5) is 28.2. The van der Waals surface area contributed by atoms with E-state index in [1.165, 1.54) is 4.88 Å². The minimum absolute atomic E-state index is 0.0892. The molecule has 4 heterocycles. The van der Waals surface area contributed by atoms with Gasteiger partial charge in [0, 0.05) is 36.5 Å². The predicted octanol–water partition coefficient (Wildman–Crippen LogP) is 3.71. The lowest BCUT2D eigenvalue weighted by molar-refractivity contribution is 0.244. The van der Waals surface area contributed by atoms with E-state index < -0.39 is 0 Å². The minimum atomic E-state index is -0.0892. The second-order valence-electron chi connectivity index (χ2n) is 6.77. The topological polar surface area (TPSA) is 75.0 Å². The van der Waals surface area contributed by atoms with Crippen LogP contribution in [-0.4, -0.2) is 26.4 Å². The van der Waals surface area contributed by atoms with E-state index in [0.29, 0.717) is 18.1 Å². The molecule has 1 aliphatic rings. The zero-order chi connectivity index (χ0) is 18.9. The van der Waals surface area contributed by atoms with E-state index >= 15 is 0 Å². The standard InChI is InChI=1S/C21H18N4O2S/c26-21-15-11-25(9-8-16(15)23-20(24-21)17-7-4-10-27-17)12-18-19(22-13-28-18)14-5-2-1-3-6-14/h1-7,10,13H,8-9,11-12H2,(H,23,24,26). The van der Waals surface area contributed by atoms with Crippen molar-refractivity contribution < 1.29 is 4.42 Å². The van der Waals surface area contributed by atoms with Gasteiger partial charge in [0.05, 0.1) is 28.7 Å². The van der Waals surface area contributed by atoms with Crippen LogP contribution in [-0.2, 0) is 19.5 Å². The molecule has 1 N–H and O–H groups in total. The summed E-state index contributed by atoms with van der Waals surface area (Å²) in [6, 6.07) is 13.8.